The van der Waals surface area contributed by atoms with E-state index in [1.807, 2.05) is 25.1 Å². The van der Waals surface area contributed by atoms with Gasteiger partial charge in [-0.3, -0.25) is 9.56 Å². The Morgan fingerprint density at radius 2 is 1.76 bits per heavy atom. The van der Waals surface area contributed by atoms with E-state index in [1.54, 1.807) is 7.05 Å². The number of aliphatic imine (C=N–C) groups is 1. The quantitative estimate of drug-likeness (QED) is 0.247. The van der Waals surface area contributed by atoms with E-state index in [2.05, 4.69) is 63.9 Å². The Kier molecular flexibility index (Phi) is 6.13. The SMILES string of the molecule is C=C(C)n1c(/C(N)=N\C)c(-c2ccc3ccc(-c4ccccc4)nc3c2)nc1[C@H]1C[C@@H](NC2CCC2)C1. The molecule has 2 aliphatic carbocycles. The van der Waals surface area contributed by atoms with Crippen LogP contribution < -0.4 is 11.1 Å². The van der Waals surface area contributed by atoms with Crippen molar-refractivity contribution in [1.82, 2.24) is 19.9 Å². The molecule has 3 N–H and O–H groups in total. The number of amidine groups is 1. The Hall–Kier alpha value is -3.77. The van der Waals surface area contributed by atoms with Crippen molar-refractivity contribution < 1.29 is 0 Å². The highest BCUT2D eigenvalue weighted by molar-refractivity contribution is 6.03. The summed E-state index contributed by atoms with van der Waals surface area (Å²) < 4.78 is 2.12. The van der Waals surface area contributed by atoms with Crippen LogP contribution in [0.4, 0.5) is 0 Å². The highest BCUT2D eigenvalue weighted by Gasteiger charge is 2.37. The number of hydrogen-bond donors (Lipinski definition) is 2. The predicted octanol–water partition coefficient (Wildman–Crippen LogP) is 5.98. The first kappa shape index (κ1) is 23.6. The maximum Gasteiger partial charge on any atom is 0.145 e. The standard InChI is InChI=1S/C31H34N6/c1-19(2)37-29(30(32)33-3)28(36-31(37)23-16-25(17-23)34-24-10-7-11-24)22-13-12-21-14-15-26(35-27(21)18-22)20-8-5-4-6-9-20/h4-6,8-9,12-15,18,23-25,34H,1,7,10-11,16-17H2,2-3H3,(H2,32,33)/t23-,25+. The Morgan fingerprint density at radius 1 is 1.00 bits per heavy atom. The number of nitrogens with two attached hydrogens (primary N) is 1. The summed E-state index contributed by atoms with van der Waals surface area (Å²) in [5, 5.41) is 4.90. The van der Waals surface area contributed by atoms with Crippen LogP contribution in [-0.4, -0.2) is 39.5 Å². The molecule has 2 saturated carbocycles. The summed E-state index contributed by atoms with van der Waals surface area (Å²) in [5.74, 6) is 1.86. The lowest BCUT2D eigenvalue weighted by Gasteiger charge is -2.40. The van der Waals surface area contributed by atoms with Gasteiger partial charge in [-0.2, -0.15) is 0 Å². The molecule has 0 bridgehead atoms. The number of nitrogens with one attached hydrogen (secondary N) is 1. The van der Waals surface area contributed by atoms with Crippen molar-refractivity contribution in [3.05, 3.63) is 78.8 Å². The normalized spacial score (nSPS) is 20.0. The summed E-state index contributed by atoms with van der Waals surface area (Å²) in [6, 6.07) is 22.1. The summed E-state index contributed by atoms with van der Waals surface area (Å²) in [5.41, 5.74) is 13.0. The molecule has 6 heteroatoms. The van der Waals surface area contributed by atoms with Crippen molar-refractivity contribution in [2.24, 2.45) is 10.7 Å². The Labute approximate surface area is 218 Å². The van der Waals surface area contributed by atoms with E-state index in [-0.39, 0.29) is 0 Å². The summed E-state index contributed by atoms with van der Waals surface area (Å²) >= 11 is 0. The Bertz CT molecular complexity index is 1490. The van der Waals surface area contributed by atoms with Crippen LogP contribution >= 0.6 is 0 Å². The monoisotopic (exact) mass is 490 g/mol. The van der Waals surface area contributed by atoms with Gasteiger partial charge in [0.2, 0.25) is 0 Å². The molecule has 0 spiro atoms. The van der Waals surface area contributed by atoms with Gasteiger partial charge in [-0.15, -0.1) is 0 Å². The molecule has 0 aliphatic heterocycles. The molecule has 0 radical (unpaired) electrons. The van der Waals surface area contributed by atoms with Gasteiger partial charge < -0.3 is 11.1 Å². The topological polar surface area (TPSA) is 81.1 Å². The third-order valence-electron chi connectivity index (χ3n) is 7.88. The van der Waals surface area contributed by atoms with Crippen molar-refractivity contribution >= 4 is 22.4 Å². The number of pyridine rings is 1. The lowest BCUT2D eigenvalue weighted by Crippen LogP contribution is -2.48. The van der Waals surface area contributed by atoms with Crippen molar-refractivity contribution in [3.8, 4) is 22.5 Å². The fourth-order valence-electron chi connectivity index (χ4n) is 5.55. The van der Waals surface area contributed by atoms with Gasteiger partial charge in [-0.25, -0.2) is 9.97 Å². The van der Waals surface area contributed by atoms with Gasteiger partial charge in [0.1, 0.15) is 23.0 Å². The molecular formula is C31H34N6. The number of rotatable bonds is 7. The average Bonchev–Trinajstić information content (AvgIpc) is 3.26. The molecular weight excluding hydrogens is 456 g/mol. The molecule has 2 aromatic heterocycles. The third-order valence-corrected chi connectivity index (χ3v) is 7.88. The van der Waals surface area contributed by atoms with E-state index in [1.165, 1.54) is 19.3 Å². The molecule has 37 heavy (non-hydrogen) atoms. The molecule has 4 aromatic rings. The van der Waals surface area contributed by atoms with Crippen LogP contribution in [0.1, 0.15) is 56.5 Å². The van der Waals surface area contributed by atoms with Crippen molar-refractivity contribution in [3.63, 3.8) is 0 Å². The second-order valence-corrected chi connectivity index (χ2v) is 10.5. The smallest absolute Gasteiger partial charge is 0.145 e. The molecule has 0 atom stereocenters. The zero-order chi connectivity index (χ0) is 25.5. The first-order valence-corrected chi connectivity index (χ1v) is 13.3. The van der Waals surface area contributed by atoms with Crippen LogP contribution in [0.3, 0.4) is 0 Å². The fraction of sp³-hybridized carbons (Fsp3) is 0.323. The number of hydrogen-bond acceptors (Lipinski definition) is 4. The van der Waals surface area contributed by atoms with E-state index in [9.17, 15) is 0 Å². The molecule has 0 saturated heterocycles. The van der Waals surface area contributed by atoms with E-state index in [0.29, 0.717) is 23.8 Å². The zero-order valence-corrected chi connectivity index (χ0v) is 21.6. The van der Waals surface area contributed by atoms with Gasteiger partial charge >= 0.3 is 0 Å². The maximum atomic E-state index is 6.50. The highest BCUT2D eigenvalue weighted by atomic mass is 15.1. The molecule has 188 valence electrons. The summed E-state index contributed by atoms with van der Waals surface area (Å²) in [7, 11) is 1.73. The maximum absolute atomic E-state index is 6.50. The predicted molar refractivity (Wildman–Crippen MR) is 153 cm³/mol. The number of benzene rings is 2. The van der Waals surface area contributed by atoms with Gasteiger partial charge in [-0.05, 0) is 44.7 Å². The van der Waals surface area contributed by atoms with Crippen LogP contribution in [0.5, 0.6) is 0 Å². The number of nitrogens with zero attached hydrogens (tertiary/aromatic N) is 4. The van der Waals surface area contributed by atoms with Crippen molar-refractivity contribution in [2.45, 2.75) is 57.0 Å². The Morgan fingerprint density at radius 3 is 2.43 bits per heavy atom. The molecule has 2 aliphatic rings. The number of imidazole rings is 1. The summed E-state index contributed by atoms with van der Waals surface area (Å²) in [6.45, 7) is 6.29. The van der Waals surface area contributed by atoms with E-state index < -0.39 is 0 Å². The fourth-order valence-corrected chi connectivity index (χ4v) is 5.55. The van der Waals surface area contributed by atoms with E-state index in [4.69, 9.17) is 15.7 Å². The van der Waals surface area contributed by atoms with Crippen molar-refractivity contribution in [1.29, 1.82) is 0 Å². The molecule has 6 rings (SSSR count). The number of aromatic nitrogens is 3. The van der Waals surface area contributed by atoms with Crippen molar-refractivity contribution in [2.75, 3.05) is 7.05 Å². The van der Waals surface area contributed by atoms with Crippen LogP contribution in [0.15, 0.2) is 72.2 Å². The van der Waals surface area contributed by atoms with Crippen LogP contribution in [0, 0.1) is 0 Å². The first-order chi connectivity index (χ1) is 18.0. The van der Waals surface area contributed by atoms with E-state index >= 15 is 0 Å². The van der Waals surface area contributed by atoms with Crippen LogP contribution in [0.2, 0.25) is 0 Å². The number of allylic oxidation sites excluding steroid dienone is 1. The number of fused-ring (bicyclic) bond motifs is 1. The molecule has 0 amide bonds. The van der Waals surface area contributed by atoms with Gasteiger partial charge in [0.05, 0.1) is 11.2 Å². The summed E-state index contributed by atoms with van der Waals surface area (Å²) in [4.78, 5) is 14.6. The third kappa shape index (κ3) is 4.36. The average molecular weight is 491 g/mol. The lowest BCUT2D eigenvalue weighted by atomic mass is 9.78. The largest absolute Gasteiger partial charge is 0.382 e. The lowest BCUT2D eigenvalue weighted by molar-refractivity contribution is 0.215. The first-order valence-electron chi connectivity index (χ1n) is 13.3. The van der Waals surface area contributed by atoms with E-state index in [0.717, 1.165) is 63.5 Å². The highest BCUT2D eigenvalue weighted by Crippen LogP contribution is 2.41. The zero-order valence-electron chi connectivity index (χ0n) is 21.6. The molecule has 0 unspecified atom stereocenters. The molecule has 2 heterocycles. The minimum Gasteiger partial charge on any atom is -0.382 e. The Balaban J connectivity index is 1.41. The van der Waals surface area contributed by atoms with Gasteiger partial charge in [0.25, 0.3) is 0 Å². The van der Waals surface area contributed by atoms with Gasteiger partial charge in [-0.1, -0.05) is 61.5 Å². The minimum atomic E-state index is 0.370. The summed E-state index contributed by atoms with van der Waals surface area (Å²) in [6.07, 6.45) is 6.14. The van der Waals surface area contributed by atoms with Gasteiger partial charge in [0, 0.05) is 47.3 Å². The second kappa shape index (κ2) is 9.60. The van der Waals surface area contributed by atoms with Crippen LogP contribution in [0.25, 0.3) is 39.1 Å². The molecule has 2 aromatic carbocycles. The van der Waals surface area contributed by atoms with Gasteiger partial charge in [0.15, 0.2) is 0 Å². The molecule has 2 fully saturated rings. The molecule has 6 nitrogen and oxygen atoms in total. The second-order valence-electron chi connectivity index (χ2n) is 10.5. The minimum absolute atomic E-state index is 0.370. The van der Waals surface area contributed by atoms with Crippen LogP contribution in [-0.2, 0) is 0 Å².